The van der Waals surface area contributed by atoms with Crippen LogP contribution in [0.25, 0.3) is 0 Å². The second-order valence-electron chi connectivity index (χ2n) is 4.45. The largest absolute Gasteiger partial charge is 0.388 e. The van der Waals surface area contributed by atoms with Crippen LogP contribution in [-0.4, -0.2) is 17.6 Å². The first kappa shape index (κ1) is 14.6. The van der Waals surface area contributed by atoms with Crippen molar-refractivity contribution in [2.75, 3.05) is 6.54 Å². The minimum Gasteiger partial charge on any atom is -0.388 e. The Labute approximate surface area is 123 Å². The van der Waals surface area contributed by atoms with Crippen molar-refractivity contribution >= 4 is 17.5 Å². The zero-order valence-corrected chi connectivity index (χ0v) is 11.7. The summed E-state index contributed by atoms with van der Waals surface area (Å²) >= 11 is 5.95. The standard InChI is InChI=1S/C16H16ClNO2/c17-14-9-5-4-8-13(14)16(20)18-11-10-15(19)12-6-2-1-3-7-12/h1-9,15,19H,10-11H2,(H,18,20)/t15-/m0/s1. The Bertz CT molecular complexity index is 572. The van der Waals surface area contributed by atoms with Crippen LogP contribution in [0.3, 0.4) is 0 Å². The minimum atomic E-state index is -0.581. The van der Waals surface area contributed by atoms with Gasteiger partial charge in [-0.05, 0) is 24.1 Å². The molecule has 0 fully saturated rings. The first-order valence-corrected chi connectivity index (χ1v) is 6.82. The summed E-state index contributed by atoms with van der Waals surface area (Å²) < 4.78 is 0. The van der Waals surface area contributed by atoms with Gasteiger partial charge in [0.2, 0.25) is 0 Å². The zero-order valence-electron chi connectivity index (χ0n) is 10.9. The molecule has 0 aliphatic heterocycles. The maximum Gasteiger partial charge on any atom is 0.252 e. The number of halogens is 1. The molecule has 2 aromatic carbocycles. The highest BCUT2D eigenvalue weighted by molar-refractivity contribution is 6.33. The molecule has 0 saturated carbocycles. The Kier molecular flexibility index (Phi) is 5.16. The van der Waals surface area contributed by atoms with E-state index in [-0.39, 0.29) is 5.91 Å². The lowest BCUT2D eigenvalue weighted by Crippen LogP contribution is -2.25. The molecule has 1 atom stereocenters. The van der Waals surface area contributed by atoms with Crippen molar-refractivity contribution in [3.63, 3.8) is 0 Å². The van der Waals surface area contributed by atoms with Crippen LogP contribution in [0.5, 0.6) is 0 Å². The lowest BCUT2D eigenvalue weighted by molar-refractivity contribution is 0.0943. The number of aliphatic hydroxyl groups excluding tert-OH is 1. The quantitative estimate of drug-likeness (QED) is 0.888. The van der Waals surface area contributed by atoms with Crippen LogP contribution in [0.4, 0.5) is 0 Å². The second kappa shape index (κ2) is 7.08. The van der Waals surface area contributed by atoms with Crippen LogP contribution in [0.15, 0.2) is 54.6 Å². The molecule has 0 heterocycles. The van der Waals surface area contributed by atoms with Crippen LogP contribution >= 0.6 is 11.6 Å². The number of amides is 1. The lowest BCUT2D eigenvalue weighted by Gasteiger charge is -2.12. The lowest BCUT2D eigenvalue weighted by atomic mass is 10.1. The molecule has 0 radical (unpaired) electrons. The molecule has 2 aromatic rings. The topological polar surface area (TPSA) is 49.3 Å². The zero-order chi connectivity index (χ0) is 14.4. The number of hydrogen-bond acceptors (Lipinski definition) is 2. The Balaban J connectivity index is 1.84. The number of aliphatic hydroxyl groups is 1. The summed E-state index contributed by atoms with van der Waals surface area (Å²) in [6.07, 6.45) is -0.122. The van der Waals surface area contributed by atoms with E-state index in [9.17, 15) is 9.90 Å². The van der Waals surface area contributed by atoms with Crippen LogP contribution in [0.2, 0.25) is 5.02 Å². The van der Waals surface area contributed by atoms with Gasteiger partial charge in [-0.15, -0.1) is 0 Å². The SMILES string of the molecule is O=C(NCC[C@H](O)c1ccccc1)c1ccccc1Cl. The molecule has 104 valence electrons. The van der Waals surface area contributed by atoms with Crippen molar-refractivity contribution in [1.82, 2.24) is 5.32 Å². The fourth-order valence-corrected chi connectivity index (χ4v) is 2.13. The van der Waals surface area contributed by atoms with Crippen LogP contribution in [-0.2, 0) is 0 Å². The highest BCUT2D eigenvalue weighted by atomic mass is 35.5. The number of benzene rings is 2. The molecule has 0 unspecified atom stereocenters. The van der Waals surface area contributed by atoms with Gasteiger partial charge in [0, 0.05) is 6.54 Å². The third kappa shape index (κ3) is 3.83. The molecule has 20 heavy (non-hydrogen) atoms. The Morgan fingerprint density at radius 1 is 1.10 bits per heavy atom. The van der Waals surface area contributed by atoms with Gasteiger partial charge in [0.05, 0.1) is 16.7 Å². The van der Waals surface area contributed by atoms with Crippen molar-refractivity contribution in [2.45, 2.75) is 12.5 Å². The smallest absolute Gasteiger partial charge is 0.252 e. The molecule has 3 nitrogen and oxygen atoms in total. The van der Waals surface area contributed by atoms with Gasteiger partial charge >= 0.3 is 0 Å². The fourth-order valence-electron chi connectivity index (χ4n) is 1.90. The molecular weight excluding hydrogens is 274 g/mol. The Morgan fingerprint density at radius 3 is 2.45 bits per heavy atom. The van der Waals surface area contributed by atoms with Gasteiger partial charge in [0.15, 0.2) is 0 Å². The highest BCUT2D eigenvalue weighted by Gasteiger charge is 2.11. The normalized spacial score (nSPS) is 11.9. The predicted molar refractivity (Wildman–Crippen MR) is 79.8 cm³/mol. The molecule has 0 aliphatic carbocycles. The number of carbonyl (C=O) groups excluding carboxylic acids is 1. The van der Waals surface area contributed by atoms with Gasteiger partial charge in [-0.1, -0.05) is 54.1 Å². The average molecular weight is 290 g/mol. The Hall–Kier alpha value is -1.84. The van der Waals surface area contributed by atoms with Crippen molar-refractivity contribution in [2.24, 2.45) is 0 Å². The van der Waals surface area contributed by atoms with Gasteiger partial charge in [-0.25, -0.2) is 0 Å². The molecular formula is C16H16ClNO2. The third-order valence-electron chi connectivity index (χ3n) is 3.01. The van der Waals surface area contributed by atoms with E-state index in [4.69, 9.17) is 11.6 Å². The molecule has 0 spiro atoms. The van der Waals surface area contributed by atoms with Gasteiger partial charge in [-0.2, -0.15) is 0 Å². The first-order valence-electron chi connectivity index (χ1n) is 6.44. The maximum atomic E-state index is 11.9. The molecule has 1 amide bonds. The van der Waals surface area contributed by atoms with Crippen molar-refractivity contribution < 1.29 is 9.90 Å². The molecule has 2 rings (SSSR count). The van der Waals surface area contributed by atoms with Gasteiger partial charge in [-0.3, -0.25) is 4.79 Å². The summed E-state index contributed by atoms with van der Waals surface area (Å²) in [5, 5.41) is 13.2. The molecule has 0 aliphatic rings. The van der Waals surface area contributed by atoms with E-state index in [1.165, 1.54) is 0 Å². The third-order valence-corrected chi connectivity index (χ3v) is 3.34. The van der Waals surface area contributed by atoms with Crippen LogP contribution in [0.1, 0.15) is 28.4 Å². The van der Waals surface area contributed by atoms with Crippen LogP contribution in [0, 0.1) is 0 Å². The molecule has 0 aromatic heterocycles. The van der Waals surface area contributed by atoms with Crippen molar-refractivity contribution in [1.29, 1.82) is 0 Å². The van der Waals surface area contributed by atoms with Gasteiger partial charge in [0.1, 0.15) is 0 Å². The predicted octanol–water partition coefficient (Wildman–Crippen LogP) is 3.19. The number of carbonyl (C=O) groups is 1. The monoisotopic (exact) mass is 289 g/mol. The molecule has 4 heteroatoms. The van der Waals surface area contributed by atoms with E-state index in [1.54, 1.807) is 24.3 Å². The van der Waals surface area contributed by atoms with Crippen molar-refractivity contribution in [3.8, 4) is 0 Å². The minimum absolute atomic E-state index is 0.226. The summed E-state index contributed by atoms with van der Waals surface area (Å²) in [6, 6.07) is 16.3. The van der Waals surface area contributed by atoms with Crippen molar-refractivity contribution in [3.05, 3.63) is 70.7 Å². The van der Waals surface area contributed by atoms with E-state index < -0.39 is 6.10 Å². The van der Waals surface area contributed by atoms with Crippen LogP contribution < -0.4 is 5.32 Å². The Morgan fingerprint density at radius 2 is 1.75 bits per heavy atom. The summed E-state index contributed by atoms with van der Waals surface area (Å²) in [4.78, 5) is 11.9. The summed E-state index contributed by atoms with van der Waals surface area (Å²) in [6.45, 7) is 0.389. The summed E-state index contributed by atoms with van der Waals surface area (Å²) in [5.41, 5.74) is 1.29. The number of nitrogens with one attached hydrogen (secondary N) is 1. The van der Waals surface area contributed by atoms with E-state index in [0.29, 0.717) is 23.6 Å². The van der Waals surface area contributed by atoms with E-state index in [2.05, 4.69) is 5.32 Å². The molecule has 0 saturated heterocycles. The van der Waals surface area contributed by atoms with E-state index in [0.717, 1.165) is 5.56 Å². The van der Waals surface area contributed by atoms with Gasteiger partial charge in [0.25, 0.3) is 5.91 Å². The van der Waals surface area contributed by atoms with E-state index >= 15 is 0 Å². The highest BCUT2D eigenvalue weighted by Crippen LogP contribution is 2.16. The number of hydrogen-bond donors (Lipinski definition) is 2. The second-order valence-corrected chi connectivity index (χ2v) is 4.86. The maximum absolute atomic E-state index is 11.9. The molecule has 0 bridgehead atoms. The van der Waals surface area contributed by atoms with Gasteiger partial charge < -0.3 is 10.4 Å². The fraction of sp³-hybridized carbons (Fsp3) is 0.188. The summed E-state index contributed by atoms with van der Waals surface area (Å²) in [7, 11) is 0. The van der Waals surface area contributed by atoms with E-state index in [1.807, 2.05) is 30.3 Å². The summed E-state index contributed by atoms with van der Waals surface area (Å²) in [5.74, 6) is -0.226. The number of rotatable bonds is 5. The molecule has 2 N–H and O–H groups in total. The first-order chi connectivity index (χ1) is 9.68. The average Bonchev–Trinajstić information content (AvgIpc) is 2.48.